The molecule has 0 aliphatic heterocycles. The summed E-state index contributed by atoms with van der Waals surface area (Å²) in [5.41, 5.74) is 9.54. The number of hydrogen-bond acceptors (Lipinski definition) is 3. The van der Waals surface area contributed by atoms with Gasteiger partial charge < -0.3 is 5.73 Å². The van der Waals surface area contributed by atoms with Crippen molar-refractivity contribution in [2.24, 2.45) is 0 Å². The summed E-state index contributed by atoms with van der Waals surface area (Å²) in [6, 6.07) is 4.66. The predicted octanol–water partition coefficient (Wildman–Crippen LogP) is 2.50. The second kappa shape index (κ2) is 3.18. The number of thiophene rings is 1. The van der Waals surface area contributed by atoms with E-state index in [4.69, 9.17) is 5.73 Å². The van der Waals surface area contributed by atoms with Gasteiger partial charge >= 0.3 is 0 Å². The molecule has 0 bridgehead atoms. The minimum Gasteiger partial charge on any atom is -0.396 e. The lowest BCUT2D eigenvalue weighted by Crippen LogP contribution is -1.92. The summed E-state index contributed by atoms with van der Waals surface area (Å²) >= 11 is 1.66. The zero-order valence-electron chi connectivity index (χ0n) is 7.24. The Bertz CT molecular complexity index is 420. The van der Waals surface area contributed by atoms with Gasteiger partial charge in [0.2, 0.25) is 0 Å². The molecule has 2 heterocycles. The highest BCUT2D eigenvalue weighted by molar-refractivity contribution is 7.08. The standard InChI is InChI=1S/C10H9N2S/c1-7-5-13-6-8(7)10-9(11)3-2-4-12-10/h2,4-6H,11H2,1H3. The Morgan fingerprint density at radius 2 is 2.31 bits per heavy atom. The van der Waals surface area contributed by atoms with Crippen LogP contribution in [0, 0.1) is 13.0 Å². The lowest BCUT2D eigenvalue weighted by Gasteiger charge is -2.01. The largest absolute Gasteiger partial charge is 0.396 e. The predicted molar refractivity (Wildman–Crippen MR) is 55.5 cm³/mol. The first-order valence-electron chi connectivity index (χ1n) is 3.94. The molecule has 0 aromatic carbocycles. The first-order valence-corrected chi connectivity index (χ1v) is 4.88. The van der Waals surface area contributed by atoms with E-state index in [2.05, 4.69) is 28.7 Å². The van der Waals surface area contributed by atoms with E-state index in [9.17, 15) is 0 Å². The van der Waals surface area contributed by atoms with Crippen molar-refractivity contribution in [3.05, 3.63) is 34.7 Å². The van der Waals surface area contributed by atoms with Crippen molar-refractivity contribution in [3.8, 4) is 11.3 Å². The summed E-state index contributed by atoms with van der Waals surface area (Å²) in [6.07, 6.45) is 1.71. The molecule has 13 heavy (non-hydrogen) atoms. The molecule has 0 atom stereocenters. The van der Waals surface area contributed by atoms with Crippen molar-refractivity contribution in [3.63, 3.8) is 0 Å². The molecule has 0 aliphatic rings. The van der Waals surface area contributed by atoms with Gasteiger partial charge in [0.25, 0.3) is 0 Å². The highest BCUT2D eigenvalue weighted by atomic mass is 32.1. The van der Waals surface area contributed by atoms with Gasteiger partial charge in [-0.2, -0.15) is 11.3 Å². The van der Waals surface area contributed by atoms with E-state index in [0.717, 1.165) is 11.3 Å². The van der Waals surface area contributed by atoms with Crippen LogP contribution in [0.4, 0.5) is 5.69 Å². The maximum absolute atomic E-state index is 5.77. The molecule has 65 valence electrons. The van der Waals surface area contributed by atoms with Crippen LogP contribution >= 0.6 is 11.3 Å². The molecule has 2 N–H and O–H groups in total. The van der Waals surface area contributed by atoms with E-state index in [1.54, 1.807) is 23.6 Å². The van der Waals surface area contributed by atoms with Gasteiger partial charge in [0.15, 0.2) is 0 Å². The van der Waals surface area contributed by atoms with Crippen LogP contribution in [0.25, 0.3) is 11.3 Å². The number of aryl methyl sites for hydroxylation is 1. The van der Waals surface area contributed by atoms with Gasteiger partial charge in [-0.15, -0.1) is 0 Å². The number of nitrogens with two attached hydrogens (primary N) is 1. The molecule has 0 aliphatic carbocycles. The lowest BCUT2D eigenvalue weighted by molar-refractivity contribution is 1.32. The first kappa shape index (κ1) is 8.26. The van der Waals surface area contributed by atoms with Crippen LogP contribution < -0.4 is 5.73 Å². The average molecular weight is 189 g/mol. The fourth-order valence-corrected chi connectivity index (χ4v) is 2.03. The molecule has 2 rings (SSSR count). The number of nitrogen functional groups attached to an aromatic ring is 1. The molecule has 2 nitrogen and oxygen atoms in total. The van der Waals surface area contributed by atoms with E-state index >= 15 is 0 Å². The van der Waals surface area contributed by atoms with Gasteiger partial charge in [-0.3, -0.25) is 4.98 Å². The number of hydrogen-bond donors (Lipinski definition) is 1. The monoisotopic (exact) mass is 189 g/mol. The van der Waals surface area contributed by atoms with Crippen LogP contribution in [-0.4, -0.2) is 4.98 Å². The van der Waals surface area contributed by atoms with Crippen LogP contribution in [0.1, 0.15) is 5.56 Å². The summed E-state index contributed by atoms with van der Waals surface area (Å²) in [6.45, 7) is 2.06. The van der Waals surface area contributed by atoms with Crippen molar-refractivity contribution >= 4 is 17.0 Å². The van der Waals surface area contributed by atoms with Crippen LogP contribution in [0.2, 0.25) is 0 Å². The molecule has 0 spiro atoms. The van der Waals surface area contributed by atoms with E-state index < -0.39 is 0 Å². The second-order valence-corrected chi connectivity index (χ2v) is 3.56. The van der Waals surface area contributed by atoms with Gasteiger partial charge in [0, 0.05) is 23.2 Å². The molecule has 0 fully saturated rings. The Morgan fingerprint density at radius 1 is 1.46 bits per heavy atom. The van der Waals surface area contributed by atoms with Crippen LogP contribution in [-0.2, 0) is 0 Å². The van der Waals surface area contributed by atoms with Gasteiger partial charge in [-0.1, -0.05) is 0 Å². The Balaban J connectivity index is 2.59. The summed E-state index contributed by atoms with van der Waals surface area (Å²) in [5, 5.41) is 4.14. The molecule has 0 saturated carbocycles. The SMILES string of the molecule is Cc1cscc1-c1ncc[c]c1N. The highest BCUT2D eigenvalue weighted by Crippen LogP contribution is 2.28. The van der Waals surface area contributed by atoms with Crippen molar-refractivity contribution in [2.45, 2.75) is 6.92 Å². The topological polar surface area (TPSA) is 38.9 Å². The summed E-state index contributed by atoms with van der Waals surface area (Å²) in [7, 11) is 0. The molecule has 0 unspecified atom stereocenters. The maximum atomic E-state index is 5.77. The molecular formula is C10H9N2S. The summed E-state index contributed by atoms with van der Waals surface area (Å²) < 4.78 is 0. The Kier molecular flexibility index (Phi) is 2.02. The molecule has 0 saturated heterocycles. The molecule has 1 radical (unpaired) electrons. The summed E-state index contributed by atoms with van der Waals surface area (Å²) in [5.74, 6) is 0. The number of anilines is 1. The Hall–Kier alpha value is -1.35. The van der Waals surface area contributed by atoms with Gasteiger partial charge in [0.1, 0.15) is 0 Å². The zero-order chi connectivity index (χ0) is 9.26. The van der Waals surface area contributed by atoms with Crippen LogP contribution in [0.15, 0.2) is 23.0 Å². The number of aromatic nitrogens is 1. The first-order chi connectivity index (χ1) is 6.29. The molecular weight excluding hydrogens is 180 g/mol. The Labute approximate surface area is 81.1 Å². The van der Waals surface area contributed by atoms with E-state index in [1.165, 1.54) is 5.56 Å². The van der Waals surface area contributed by atoms with E-state index in [1.807, 2.05) is 0 Å². The molecule has 2 aromatic rings. The fourth-order valence-electron chi connectivity index (χ4n) is 1.19. The number of rotatable bonds is 1. The van der Waals surface area contributed by atoms with Crippen molar-refractivity contribution in [2.75, 3.05) is 5.73 Å². The van der Waals surface area contributed by atoms with Gasteiger partial charge in [-0.05, 0) is 23.9 Å². The quantitative estimate of drug-likeness (QED) is 0.748. The van der Waals surface area contributed by atoms with Crippen molar-refractivity contribution in [1.82, 2.24) is 4.98 Å². The smallest absolute Gasteiger partial charge is 0.0948 e. The minimum absolute atomic E-state index is 0.615. The Morgan fingerprint density at radius 3 is 2.92 bits per heavy atom. The number of nitrogens with zero attached hydrogens (tertiary/aromatic N) is 1. The van der Waals surface area contributed by atoms with Crippen molar-refractivity contribution < 1.29 is 0 Å². The lowest BCUT2D eigenvalue weighted by atomic mass is 10.1. The fraction of sp³-hybridized carbons (Fsp3) is 0.100. The number of pyridine rings is 1. The third-order valence-corrected chi connectivity index (χ3v) is 2.74. The second-order valence-electron chi connectivity index (χ2n) is 2.82. The zero-order valence-corrected chi connectivity index (χ0v) is 8.06. The highest BCUT2D eigenvalue weighted by Gasteiger charge is 2.06. The normalized spacial score (nSPS) is 10.2. The molecule has 2 aromatic heterocycles. The van der Waals surface area contributed by atoms with E-state index in [-0.39, 0.29) is 0 Å². The molecule has 3 heteroatoms. The minimum atomic E-state index is 0.615. The van der Waals surface area contributed by atoms with Crippen LogP contribution in [0.3, 0.4) is 0 Å². The summed E-state index contributed by atoms with van der Waals surface area (Å²) in [4.78, 5) is 4.23. The van der Waals surface area contributed by atoms with Crippen molar-refractivity contribution in [1.29, 1.82) is 0 Å². The third-order valence-electron chi connectivity index (χ3n) is 1.88. The van der Waals surface area contributed by atoms with Crippen LogP contribution in [0.5, 0.6) is 0 Å². The molecule has 0 amide bonds. The average Bonchev–Trinajstić information content (AvgIpc) is 2.52. The van der Waals surface area contributed by atoms with Gasteiger partial charge in [-0.25, -0.2) is 0 Å². The van der Waals surface area contributed by atoms with Gasteiger partial charge in [0.05, 0.1) is 11.4 Å². The third kappa shape index (κ3) is 1.42. The van der Waals surface area contributed by atoms with E-state index in [0.29, 0.717) is 5.69 Å². The maximum Gasteiger partial charge on any atom is 0.0948 e.